The summed E-state index contributed by atoms with van der Waals surface area (Å²) >= 11 is 12.2. The molecule has 0 spiro atoms. The monoisotopic (exact) mass is 389 g/mol. The highest BCUT2D eigenvalue weighted by Crippen LogP contribution is 2.36. The third-order valence-corrected chi connectivity index (χ3v) is 4.89. The first-order valence-corrected chi connectivity index (χ1v) is 8.65. The van der Waals surface area contributed by atoms with Gasteiger partial charge in [0.15, 0.2) is 0 Å². The van der Waals surface area contributed by atoms with E-state index in [1.807, 2.05) is 18.2 Å². The van der Waals surface area contributed by atoms with Crippen LogP contribution in [0.1, 0.15) is 19.7 Å². The van der Waals surface area contributed by atoms with Crippen LogP contribution in [0.3, 0.4) is 0 Å². The van der Waals surface area contributed by atoms with Crippen LogP contribution in [0.25, 0.3) is 22.5 Å². The molecule has 134 valence electrons. The number of halogens is 2. The molecule has 0 bridgehead atoms. The maximum Gasteiger partial charge on any atom is 0.318 e. The van der Waals surface area contributed by atoms with Crippen LogP contribution < -0.4 is 0 Å². The number of ether oxygens (including phenoxy) is 1. The molecular formula is C19H17Cl2N3O2. The lowest BCUT2D eigenvalue weighted by Gasteiger charge is -2.18. The van der Waals surface area contributed by atoms with E-state index in [0.717, 1.165) is 16.8 Å². The third-order valence-electron chi connectivity index (χ3n) is 4.15. The molecule has 0 unspecified atom stereocenters. The fourth-order valence-corrected chi connectivity index (χ4v) is 2.90. The van der Waals surface area contributed by atoms with Gasteiger partial charge in [0.2, 0.25) is 0 Å². The van der Waals surface area contributed by atoms with Gasteiger partial charge < -0.3 is 9.72 Å². The highest BCUT2D eigenvalue weighted by molar-refractivity contribution is 6.42. The van der Waals surface area contributed by atoms with Gasteiger partial charge in [0.1, 0.15) is 11.2 Å². The van der Waals surface area contributed by atoms with Crippen molar-refractivity contribution >= 4 is 29.2 Å². The lowest BCUT2D eigenvalue weighted by molar-refractivity contribution is -0.146. The third kappa shape index (κ3) is 3.32. The number of H-pyrrole nitrogens is 1. The molecule has 0 saturated carbocycles. The first-order chi connectivity index (χ1) is 12.3. The molecule has 2 heterocycles. The maximum absolute atomic E-state index is 12.2. The summed E-state index contributed by atoms with van der Waals surface area (Å²) in [7, 11) is 1.36. The quantitative estimate of drug-likeness (QED) is 0.644. The SMILES string of the molecule is COC(=O)C(C)(C)c1nc(-c2ccc(Cl)c(Cl)c2)c(-c2ccncc2)[nH]1. The van der Waals surface area contributed by atoms with Gasteiger partial charge in [-0.3, -0.25) is 9.78 Å². The number of pyridine rings is 1. The molecule has 3 aromatic rings. The van der Waals surface area contributed by atoms with Gasteiger partial charge in [-0.1, -0.05) is 29.3 Å². The Balaban J connectivity index is 2.22. The molecule has 0 radical (unpaired) electrons. The van der Waals surface area contributed by atoms with Crippen molar-refractivity contribution in [3.05, 3.63) is 58.6 Å². The van der Waals surface area contributed by atoms with Gasteiger partial charge in [-0.05, 0) is 38.1 Å². The normalized spacial score (nSPS) is 11.4. The van der Waals surface area contributed by atoms with Crippen molar-refractivity contribution in [3.8, 4) is 22.5 Å². The van der Waals surface area contributed by atoms with Crippen molar-refractivity contribution in [3.63, 3.8) is 0 Å². The van der Waals surface area contributed by atoms with Crippen LogP contribution in [0.5, 0.6) is 0 Å². The zero-order valence-corrected chi connectivity index (χ0v) is 16.0. The fraction of sp³-hybridized carbons (Fsp3) is 0.211. The van der Waals surface area contributed by atoms with E-state index in [2.05, 4.69) is 15.0 Å². The molecule has 2 aromatic heterocycles. The second-order valence-electron chi connectivity index (χ2n) is 6.29. The van der Waals surface area contributed by atoms with E-state index in [9.17, 15) is 4.79 Å². The number of methoxy groups -OCH3 is 1. The Hall–Kier alpha value is -2.37. The van der Waals surface area contributed by atoms with E-state index < -0.39 is 5.41 Å². The van der Waals surface area contributed by atoms with Crippen molar-refractivity contribution in [2.24, 2.45) is 0 Å². The minimum absolute atomic E-state index is 0.381. The highest BCUT2D eigenvalue weighted by atomic mass is 35.5. The number of nitrogens with zero attached hydrogens (tertiary/aromatic N) is 2. The molecule has 1 aromatic carbocycles. The number of aromatic amines is 1. The Kier molecular flexibility index (Phi) is 5.03. The van der Waals surface area contributed by atoms with Crippen LogP contribution in [-0.4, -0.2) is 28.0 Å². The van der Waals surface area contributed by atoms with Crippen LogP contribution in [0, 0.1) is 0 Å². The molecule has 0 aliphatic carbocycles. The first-order valence-electron chi connectivity index (χ1n) is 7.89. The van der Waals surface area contributed by atoms with Gasteiger partial charge >= 0.3 is 5.97 Å². The summed E-state index contributed by atoms with van der Waals surface area (Å²) < 4.78 is 4.92. The molecule has 26 heavy (non-hydrogen) atoms. The summed E-state index contributed by atoms with van der Waals surface area (Å²) in [5, 5.41) is 0.896. The van der Waals surface area contributed by atoms with E-state index in [-0.39, 0.29) is 5.97 Å². The molecule has 0 aliphatic heterocycles. The molecule has 0 saturated heterocycles. The summed E-state index contributed by atoms with van der Waals surface area (Å²) in [4.78, 5) is 24.2. The smallest absolute Gasteiger partial charge is 0.318 e. The minimum atomic E-state index is -0.939. The zero-order chi connectivity index (χ0) is 18.9. The number of rotatable bonds is 4. The molecule has 3 rings (SSSR count). The second kappa shape index (κ2) is 7.09. The van der Waals surface area contributed by atoms with E-state index in [0.29, 0.717) is 21.6 Å². The Bertz CT molecular complexity index is 953. The largest absolute Gasteiger partial charge is 0.468 e. The molecule has 7 heteroatoms. The Labute approximate surface area is 161 Å². The molecule has 0 aliphatic rings. The van der Waals surface area contributed by atoms with Crippen molar-refractivity contribution < 1.29 is 9.53 Å². The van der Waals surface area contributed by atoms with Gasteiger partial charge in [-0.25, -0.2) is 4.98 Å². The highest BCUT2D eigenvalue weighted by Gasteiger charge is 2.35. The van der Waals surface area contributed by atoms with Crippen LogP contribution >= 0.6 is 23.2 Å². The average Bonchev–Trinajstić information content (AvgIpc) is 3.10. The standard InChI is InChI=1S/C19H17Cl2N3O2/c1-19(2,18(25)26-3)17-23-15(11-6-8-22-9-7-11)16(24-17)12-4-5-13(20)14(21)10-12/h4-10H,1-3H3,(H,23,24). The van der Waals surface area contributed by atoms with Crippen molar-refractivity contribution in [1.29, 1.82) is 0 Å². The number of benzene rings is 1. The summed E-state index contributed by atoms with van der Waals surface area (Å²) in [6, 6.07) is 9.03. The summed E-state index contributed by atoms with van der Waals surface area (Å²) in [6.45, 7) is 3.51. The van der Waals surface area contributed by atoms with Gasteiger partial charge in [0, 0.05) is 23.5 Å². The van der Waals surface area contributed by atoms with Crippen molar-refractivity contribution in [2.75, 3.05) is 7.11 Å². The Morgan fingerprint density at radius 2 is 1.77 bits per heavy atom. The molecule has 0 fully saturated rings. The lowest BCUT2D eigenvalue weighted by atomic mass is 9.93. The van der Waals surface area contributed by atoms with E-state index >= 15 is 0 Å². The van der Waals surface area contributed by atoms with Crippen LogP contribution in [0.4, 0.5) is 0 Å². The number of imidazole rings is 1. The van der Waals surface area contributed by atoms with E-state index in [1.165, 1.54) is 7.11 Å². The van der Waals surface area contributed by atoms with Crippen LogP contribution in [-0.2, 0) is 14.9 Å². The second-order valence-corrected chi connectivity index (χ2v) is 7.10. The van der Waals surface area contributed by atoms with Gasteiger partial charge in [0.05, 0.1) is 28.5 Å². The number of nitrogens with one attached hydrogen (secondary N) is 1. The van der Waals surface area contributed by atoms with Crippen LogP contribution in [0.2, 0.25) is 10.0 Å². The maximum atomic E-state index is 12.2. The lowest BCUT2D eigenvalue weighted by Crippen LogP contribution is -2.31. The van der Waals surface area contributed by atoms with Gasteiger partial charge in [-0.15, -0.1) is 0 Å². The molecule has 0 atom stereocenters. The van der Waals surface area contributed by atoms with Crippen molar-refractivity contribution in [2.45, 2.75) is 19.3 Å². The first kappa shape index (κ1) is 18.4. The summed E-state index contributed by atoms with van der Waals surface area (Å²) in [6.07, 6.45) is 3.39. The molecule has 1 N–H and O–H groups in total. The topological polar surface area (TPSA) is 67.9 Å². The predicted molar refractivity (Wildman–Crippen MR) is 102 cm³/mol. The molecule has 5 nitrogen and oxygen atoms in total. The average molecular weight is 390 g/mol. The molecular weight excluding hydrogens is 373 g/mol. The van der Waals surface area contributed by atoms with Crippen LogP contribution in [0.15, 0.2) is 42.7 Å². The summed E-state index contributed by atoms with van der Waals surface area (Å²) in [5.74, 6) is 0.116. The predicted octanol–water partition coefficient (Wildman–Crippen LogP) is 4.90. The van der Waals surface area contributed by atoms with Crippen molar-refractivity contribution in [1.82, 2.24) is 15.0 Å². The Morgan fingerprint density at radius 3 is 2.38 bits per heavy atom. The zero-order valence-electron chi connectivity index (χ0n) is 14.5. The number of carbonyl (C=O) groups excluding carboxylic acids is 1. The number of aromatic nitrogens is 3. The van der Waals surface area contributed by atoms with E-state index in [4.69, 9.17) is 27.9 Å². The molecule has 0 amide bonds. The number of carbonyl (C=O) groups is 1. The fourth-order valence-electron chi connectivity index (χ4n) is 2.60. The summed E-state index contributed by atoms with van der Waals surface area (Å²) in [5.41, 5.74) is 2.17. The minimum Gasteiger partial charge on any atom is -0.468 e. The number of esters is 1. The number of hydrogen-bond donors (Lipinski definition) is 1. The van der Waals surface area contributed by atoms with Gasteiger partial charge in [-0.2, -0.15) is 0 Å². The Morgan fingerprint density at radius 1 is 1.08 bits per heavy atom. The van der Waals surface area contributed by atoms with Gasteiger partial charge in [0.25, 0.3) is 0 Å². The number of hydrogen-bond acceptors (Lipinski definition) is 4. The van der Waals surface area contributed by atoms with E-state index in [1.54, 1.807) is 38.4 Å².